The zero-order chi connectivity index (χ0) is 10.3. The number of aromatic nitrogens is 1. The molecule has 1 aromatic rings. The lowest BCUT2D eigenvalue weighted by molar-refractivity contribution is -0.144. The van der Waals surface area contributed by atoms with Gasteiger partial charge in [-0.25, -0.2) is 0 Å². The Bertz CT molecular complexity index is 373. The molecule has 2 atom stereocenters. The van der Waals surface area contributed by atoms with Crippen molar-refractivity contribution in [1.82, 2.24) is 5.16 Å². The predicted molar refractivity (Wildman–Crippen MR) is 45.5 cm³/mol. The Morgan fingerprint density at radius 3 is 3.21 bits per heavy atom. The van der Waals surface area contributed by atoms with E-state index in [2.05, 4.69) is 5.16 Å². The molecule has 76 valence electrons. The second-order valence-electron chi connectivity index (χ2n) is 3.76. The van der Waals surface area contributed by atoms with Crippen molar-refractivity contribution in [2.75, 3.05) is 0 Å². The maximum absolute atomic E-state index is 10.6. The van der Waals surface area contributed by atoms with Gasteiger partial charge in [-0.05, 0) is 5.92 Å². The minimum atomic E-state index is -1.32. The van der Waals surface area contributed by atoms with Crippen LogP contribution in [0.5, 0.6) is 0 Å². The number of carboxylic acids is 1. The molecule has 0 radical (unpaired) electrons. The fraction of sp³-hybridized carbons (Fsp3) is 0.556. The van der Waals surface area contributed by atoms with E-state index in [-0.39, 0.29) is 12.3 Å². The number of carbonyl (C=O) groups is 1. The number of carboxylic acid groups (broad SMARTS) is 1. The summed E-state index contributed by atoms with van der Waals surface area (Å²) in [6.07, 6.45) is 1.64. The standard InChI is InChI=1S/C9H11NO4/c1-5-2-7-6(4-10-14-7)9(5,13)3-8(11)12/h4-5,13H,2-3H2,1H3,(H,11,12). The third-order valence-corrected chi connectivity index (χ3v) is 2.84. The molecule has 1 aliphatic rings. The summed E-state index contributed by atoms with van der Waals surface area (Å²) in [5.41, 5.74) is -0.798. The van der Waals surface area contributed by atoms with Gasteiger partial charge in [0, 0.05) is 12.0 Å². The number of rotatable bonds is 2. The summed E-state index contributed by atoms with van der Waals surface area (Å²) >= 11 is 0. The van der Waals surface area contributed by atoms with Crippen LogP contribution in [0.2, 0.25) is 0 Å². The van der Waals surface area contributed by atoms with E-state index in [4.69, 9.17) is 9.63 Å². The molecule has 2 unspecified atom stereocenters. The van der Waals surface area contributed by atoms with Crippen molar-refractivity contribution in [3.63, 3.8) is 0 Å². The van der Waals surface area contributed by atoms with Crippen molar-refractivity contribution < 1.29 is 19.5 Å². The molecule has 2 N–H and O–H groups in total. The normalized spacial score (nSPS) is 30.3. The van der Waals surface area contributed by atoms with E-state index in [0.717, 1.165) is 0 Å². The lowest BCUT2D eigenvalue weighted by Gasteiger charge is -2.25. The van der Waals surface area contributed by atoms with E-state index < -0.39 is 11.6 Å². The summed E-state index contributed by atoms with van der Waals surface area (Å²) in [4.78, 5) is 10.6. The lowest BCUT2D eigenvalue weighted by atomic mass is 9.86. The van der Waals surface area contributed by atoms with E-state index in [1.165, 1.54) is 6.20 Å². The van der Waals surface area contributed by atoms with Gasteiger partial charge in [0.05, 0.1) is 12.6 Å². The van der Waals surface area contributed by atoms with Crippen LogP contribution >= 0.6 is 0 Å². The number of hydrogen-bond donors (Lipinski definition) is 2. The second-order valence-corrected chi connectivity index (χ2v) is 3.76. The first kappa shape index (κ1) is 9.21. The van der Waals surface area contributed by atoms with Gasteiger partial charge in [-0.1, -0.05) is 12.1 Å². The summed E-state index contributed by atoms with van der Waals surface area (Å²) in [5.74, 6) is -0.565. The highest BCUT2D eigenvalue weighted by atomic mass is 16.5. The molecule has 1 heterocycles. The van der Waals surface area contributed by atoms with E-state index in [1.54, 1.807) is 6.92 Å². The van der Waals surface area contributed by atoms with Gasteiger partial charge in [-0.3, -0.25) is 4.79 Å². The molecule has 5 nitrogen and oxygen atoms in total. The first-order valence-electron chi connectivity index (χ1n) is 4.42. The Hall–Kier alpha value is -1.36. The highest BCUT2D eigenvalue weighted by Gasteiger charge is 2.47. The molecule has 5 heteroatoms. The van der Waals surface area contributed by atoms with Crippen molar-refractivity contribution in [3.05, 3.63) is 17.5 Å². The SMILES string of the molecule is CC1Cc2oncc2C1(O)CC(=O)O. The third kappa shape index (κ3) is 1.13. The molecule has 0 spiro atoms. The van der Waals surface area contributed by atoms with Crippen molar-refractivity contribution in [1.29, 1.82) is 0 Å². The lowest BCUT2D eigenvalue weighted by Crippen LogP contribution is -2.32. The zero-order valence-corrected chi connectivity index (χ0v) is 7.73. The summed E-state index contributed by atoms with van der Waals surface area (Å²) in [5, 5.41) is 22.5. The fourth-order valence-electron chi connectivity index (χ4n) is 1.98. The van der Waals surface area contributed by atoms with E-state index in [1.807, 2.05) is 0 Å². The van der Waals surface area contributed by atoms with Crippen molar-refractivity contribution in [2.24, 2.45) is 5.92 Å². The van der Waals surface area contributed by atoms with Crippen LogP contribution in [0, 0.1) is 5.92 Å². The van der Waals surface area contributed by atoms with E-state index in [0.29, 0.717) is 17.7 Å². The Morgan fingerprint density at radius 1 is 1.86 bits per heavy atom. The van der Waals surface area contributed by atoms with Crippen LogP contribution in [0.4, 0.5) is 0 Å². The average Bonchev–Trinajstić information content (AvgIpc) is 2.57. The molecular formula is C9H11NO4. The van der Waals surface area contributed by atoms with Gasteiger partial charge in [0.15, 0.2) is 0 Å². The highest BCUT2D eigenvalue weighted by Crippen LogP contribution is 2.43. The zero-order valence-electron chi connectivity index (χ0n) is 7.73. The molecular weight excluding hydrogens is 186 g/mol. The van der Waals surface area contributed by atoms with Crippen LogP contribution < -0.4 is 0 Å². The van der Waals surface area contributed by atoms with Crippen LogP contribution in [-0.2, 0) is 16.8 Å². The Kier molecular flexibility index (Phi) is 1.85. The van der Waals surface area contributed by atoms with E-state index in [9.17, 15) is 9.90 Å². The molecule has 0 amide bonds. The van der Waals surface area contributed by atoms with Crippen LogP contribution in [0.25, 0.3) is 0 Å². The molecule has 0 aromatic carbocycles. The number of aliphatic carboxylic acids is 1. The summed E-state index contributed by atoms with van der Waals surface area (Å²) < 4.78 is 4.92. The second kappa shape index (κ2) is 2.81. The molecule has 2 rings (SSSR count). The number of nitrogens with zero attached hydrogens (tertiary/aromatic N) is 1. The highest BCUT2D eigenvalue weighted by molar-refractivity contribution is 5.69. The molecule has 0 aliphatic heterocycles. The first-order valence-corrected chi connectivity index (χ1v) is 4.42. The Balaban J connectivity index is 2.39. The van der Waals surface area contributed by atoms with Gasteiger partial charge in [0.25, 0.3) is 0 Å². The van der Waals surface area contributed by atoms with Crippen molar-refractivity contribution in [2.45, 2.75) is 25.4 Å². The van der Waals surface area contributed by atoms with Gasteiger partial charge in [-0.2, -0.15) is 0 Å². The molecule has 14 heavy (non-hydrogen) atoms. The maximum Gasteiger partial charge on any atom is 0.306 e. The molecule has 0 saturated heterocycles. The smallest absolute Gasteiger partial charge is 0.306 e. The summed E-state index contributed by atoms with van der Waals surface area (Å²) in [6.45, 7) is 1.80. The first-order chi connectivity index (χ1) is 6.54. The van der Waals surface area contributed by atoms with Crippen LogP contribution in [0.3, 0.4) is 0 Å². The van der Waals surface area contributed by atoms with Gasteiger partial charge < -0.3 is 14.7 Å². The molecule has 1 aromatic heterocycles. The van der Waals surface area contributed by atoms with Crippen LogP contribution in [-0.4, -0.2) is 21.3 Å². The largest absolute Gasteiger partial charge is 0.481 e. The van der Waals surface area contributed by atoms with Gasteiger partial charge in [0.1, 0.15) is 11.4 Å². The quantitative estimate of drug-likeness (QED) is 0.722. The Labute approximate surface area is 80.3 Å². The van der Waals surface area contributed by atoms with Crippen LogP contribution in [0.15, 0.2) is 10.7 Å². The predicted octanol–water partition coefficient (Wildman–Crippen LogP) is 0.529. The van der Waals surface area contributed by atoms with Crippen molar-refractivity contribution in [3.8, 4) is 0 Å². The molecule has 0 fully saturated rings. The minimum absolute atomic E-state index is 0.143. The van der Waals surface area contributed by atoms with Gasteiger partial charge in [0.2, 0.25) is 0 Å². The van der Waals surface area contributed by atoms with Gasteiger partial charge in [-0.15, -0.1) is 0 Å². The monoisotopic (exact) mass is 197 g/mol. The molecule has 0 saturated carbocycles. The summed E-state index contributed by atoms with van der Waals surface area (Å²) in [7, 11) is 0. The maximum atomic E-state index is 10.6. The fourth-order valence-corrected chi connectivity index (χ4v) is 1.98. The molecule has 1 aliphatic carbocycles. The van der Waals surface area contributed by atoms with Crippen molar-refractivity contribution >= 4 is 5.97 Å². The average molecular weight is 197 g/mol. The van der Waals surface area contributed by atoms with E-state index >= 15 is 0 Å². The Morgan fingerprint density at radius 2 is 2.57 bits per heavy atom. The number of fused-ring (bicyclic) bond motifs is 1. The summed E-state index contributed by atoms with van der Waals surface area (Å²) in [6, 6.07) is 0. The third-order valence-electron chi connectivity index (χ3n) is 2.84. The van der Waals surface area contributed by atoms with Crippen LogP contribution in [0.1, 0.15) is 24.7 Å². The minimum Gasteiger partial charge on any atom is -0.481 e. The molecule has 0 bridgehead atoms. The van der Waals surface area contributed by atoms with Gasteiger partial charge >= 0.3 is 5.97 Å². The number of hydrogen-bond acceptors (Lipinski definition) is 4. The number of aliphatic hydroxyl groups is 1. The topological polar surface area (TPSA) is 83.6 Å².